The van der Waals surface area contributed by atoms with Crippen LogP contribution in [0.1, 0.15) is 5.56 Å². The van der Waals surface area contributed by atoms with Crippen molar-refractivity contribution >= 4 is 33.4 Å². The second-order valence-corrected chi connectivity index (χ2v) is 8.14. The molecule has 1 amide bonds. The monoisotopic (exact) mass is 431 g/mol. The zero-order chi connectivity index (χ0) is 22.2. The van der Waals surface area contributed by atoms with Gasteiger partial charge in [0.05, 0.1) is 13.3 Å². The van der Waals surface area contributed by atoms with E-state index in [1.165, 1.54) is 4.68 Å². The highest BCUT2D eigenvalue weighted by Gasteiger charge is 2.22. The maximum Gasteiger partial charge on any atom is 0.291 e. The fourth-order valence-electron chi connectivity index (χ4n) is 4.29. The van der Waals surface area contributed by atoms with Gasteiger partial charge in [-0.25, -0.2) is 4.68 Å². The maximum atomic E-state index is 13.0. The number of carbonyl (C=O) groups is 1. The Hall–Kier alpha value is -3.81. The predicted octanol–water partition coefficient (Wildman–Crippen LogP) is 2.54. The molecule has 164 valence electrons. The largest absolute Gasteiger partial charge is 0.497 e. The fraction of sp³-hybridized carbons (Fsp3) is 0.292. The lowest BCUT2D eigenvalue weighted by Crippen LogP contribution is -2.50. The van der Waals surface area contributed by atoms with E-state index in [1.807, 2.05) is 49.4 Å². The van der Waals surface area contributed by atoms with Gasteiger partial charge in [0, 0.05) is 48.2 Å². The highest BCUT2D eigenvalue weighted by Crippen LogP contribution is 2.24. The number of piperazine rings is 1. The SMILES string of the molecule is COc1ccc(N2CCN(C(=O)Cn3ncc4c([nH]c5ccc(C)cc54)c3=O)CC2)cc1. The van der Waals surface area contributed by atoms with Crippen LogP contribution in [-0.2, 0) is 11.3 Å². The molecule has 1 aliphatic heterocycles. The van der Waals surface area contributed by atoms with E-state index in [1.54, 1.807) is 18.2 Å². The minimum Gasteiger partial charge on any atom is -0.497 e. The van der Waals surface area contributed by atoms with E-state index in [2.05, 4.69) is 15.0 Å². The smallest absolute Gasteiger partial charge is 0.291 e. The summed E-state index contributed by atoms with van der Waals surface area (Å²) in [5.74, 6) is 0.725. The van der Waals surface area contributed by atoms with Gasteiger partial charge in [-0.1, -0.05) is 11.6 Å². The number of benzene rings is 2. The minimum absolute atomic E-state index is 0.0638. The number of rotatable bonds is 4. The summed E-state index contributed by atoms with van der Waals surface area (Å²) in [7, 11) is 1.65. The summed E-state index contributed by atoms with van der Waals surface area (Å²) >= 11 is 0. The summed E-state index contributed by atoms with van der Waals surface area (Å²) in [4.78, 5) is 33.1. The van der Waals surface area contributed by atoms with Gasteiger partial charge in [-0.3, -0.25) is 9.59 Å². The molecule has 32 heavy (non-hydrogen) atoms. The van der Waals surface area contributed by atoms with Gasteiger partial charge in [-0.15, -0.1) is 0 Å². The molecule has 1 N–H and O–H groups in total. The number of H-pyrrole nitrogens is 1. The molecule has 8 heteroatoms. The zero-order valence-electron chi connectivity index (χ0n) is 18.2. The number of nitrogens with one attached hydrogen (secondary N) is 1. The molecule has 1 aliphatic rings. The molecule has 5 rings (SSSR count). The first-order valence-electron chi connectivity index (χ1n) is 10.7. The van der Waals surface area contributed by atoms with Crippen LogP contribution in [0.5, 0.6) is 5.75 Å². The molecule has 0 saturated carbocycles. The van der Waals surface area contributed by atoms with Crippen molar-refractivity contribution in [3.8, 4) is 5.75 Å². The number of ether oxygens (including phenoxy) is 1. The second-order valence-electron chi connectivity index (χ2n) is 8.14. The van der Waals surface area contributed by atoms with Crippen molar-refractivity contribution in [1.82, 2.24) is 19.7 Å². The van der Waals surface area contributed by atoms with E-state index in [0.717, 1.165) is 46.4 Å². The number of hydrogen-bond acceptors (Lipinski definition) is 5. The summed E-state index contributed by atoms with van der Waals surface area (Å²) < 4.78 is 6.47. The van der Waals surface area contributed by atoms with Crippen LogP contribution in [0.2, 0.25) is 0 Å². The Labute approximate surface area is 185 Å². The summed E-state index contributed by atoms with van der Waals surface area (Å²) in [6.07, 6.45) is 1.67. The number of carbonyl (C=O) groups excluding carboxylic acids is 1. The zero-order valence-corrected chi connectivity index (χ0v) is 18.2. The number of aromatic amines is 1. The third-order valence-electron chi connectivity index (χ3n) is 6.12. The molecule has 2 aromatic heterocycles. The van der Waals surface area contributed by atoms with Gasteiger partial charge < -0.3 is 19.5 Å². The molecule has 1 saturated heterocycles. The number of hydrogen-bond donors (Lipinski definition) is 1. The predicted molar refractivity (Wildman–Crippen MR) is 124 cm³/mol. The number of anilines is 1. The fourth-order valence-corrected chi connectivity index (χ4v) is 4.29. The van der Waals surface area contributed by atoms with Crippen LogP contribution in [0.15, 0.2) is 53.5 Å². The molecular weight excluding hydrogens is 406 g/mol. The molecule has 0 radical (unpaired) electrons. The molecule has 0 unspecified atom stereocenters. The molecule has 8 nitrogen and oxygen atoms in total. The number of aromatic nitrogens is 3. The van der Waals surface area contributed by atoms with Crippen LogP contribution in [0, 0.1) is 6.92 Å². The van der Waals surface area contributed by atoms with Gasteiger partial charge in [0.2, 0.25) is 5.91 Å². The molecule has 3 heterocycles. The first-order chi connectivity index (χ1) is 15.5. The van der Waals surface area contributed by atoms with Crippen molar-refractivity contribution in [1.29, 1.82) is 0 Å². The van der Waals surface area contributed by atoms with Crippen LogP contribution in [0.3, 0.4) is 0 Å². The number of amides is 1. The Morgan fingerprint density at radius 1 is 1.06 bits per heavy atom. The lowest BCUT2D eigenvalue weighted by molar-refractivity contribution is -0.132. The molecule has 0 spiro atoms. The molecule has 0 aliphatic carbocycles. The van der Waals surface area contributed by atoms with Crippen LogP contribution in [0.25, 0.3) is 21.8 Å². The van der Waals surface area contributed by atoms with Crippen LogP contribution >= 0.6 is 0 Å². The van der Waals surface area contributed by atoms with Crippen molar-refractivity contribution in [3.05, 3.63) is 64.6 Å². The van der Waals surface area contributed by atoms with Crippen molar-refractivity contribution in [2.45, 2.75) is 13.5 Å². The Bertz CT molecular complexity index is 1350. The van der Waals surface area contributed by atoms with E-state index >= 15 is 0 Å². The van der Waals surface area contributed by atoms with Crippen molar-refractivity contribution in [2.75, 3.05) is 38.2 Å². The molecule has 1 fully saturated rings. The Morgan fingerprint density at radius 3 is 2.53 bits per heavy atom. The standard InChI is InChI=1S/C24H25N5O3/c1-16-3-8-21-19(13-16)20-14-25-29(24(31)23(20)26-21)15-22(30)28-11-9-27(10-12-28)17-4-6-18(32-2)7-5-17/h3-8,13-14,26H,9-12,15H2,1-2H3. The quantitative estimate of drug-likeness (QED) is 0.537. The van der Waals surface area contributed by atoms with E-state index in [-0.39, 0.29) is 18.0 Å². The third kappa shape index (κ3) is 3.57. The molecule has 2 aromatic carbocycles. The average Bonchev–Trinajstić information content (AvgIpc) is 3.19. The number of fused-ring (bicyclic) bond motifs is 3. The second kappa shape index (κ2) is 8.03. The van der Waals surface area contributed by atoms with E-state index in [0.29, 0.717) is 18.6 Å². The number of nitrogens with zero attached hydrogens (tertiary/aromatic N) is 4. The van der Waals surface area contributed by atoms with Gasteiger partial charge in [0.25, 0.3) is 5.56 Å². The minimum atomic E-state index is -0.276. The maximum absolute atomic E-state index is 13.0. The molecule has 0 atom stereocenters. The highest BCUT2D eigenvalue weighted by atomic mass is 16.5. The molecule has 4 aromatic rings. The third-order valence-corrected chi connectivity index (χ3v) is 6.12. The summed E-state index contributed by atoms with van der Waals surface area (Å²) in [5, 5.41) is 6.04. The summed E-state index contributed by atoms with van der Waals surface area (Å²) in [6, 6.07) is 13.9. The highest BCUT2D eigenvalue weighted by molar-refractivity contribution is 6.06. The molecular formula is C24H25N5O3. The first kappa shape index (κ1) is 20.1. The normalized spacial score (nSPS) is 14.3. The summed E-state index contributed by atoms with van der Waals surface area (Å²) in [5.41, 5.74) is 3.32. The van der Waals surface area contributed by atoms with Crippen molar-refractivity contribution < 1.29 is 9.53 Å². The Kier molecular flexibility index (Phi) is 5.05. The Morgan fingerprint density at radius 2 is 1.81 bits per heavy atom. The van der Waals surface area contributed by atoms with Gasteiger partial charge in [-0.05, 0) is 43.3 Å². The van der Waals surface area contributed by atoms with E-state index in [9.17, 15) is 9.59 Å². The van der Waals surface area contributed by atoms with Gasteiger partial charge >= 0.3 is 0 Å². The lowest BCUT2D eigenvalue weighted by atomic mass is 10.1. The van der Waals surface area contributed by atoms with Crippen LogP contribution < -0.4 is 15.2 Å². The Balaban J connectivity index is 1.29. The van der Waals surface area contributed by atoms with Gasteiger partial charge in [-0.2, -0.15) is 5.10 Å². The van der Waals surface area contributed by atoms with Gasteiger partial charge in [0.1, 0.15) is 17.8 Å². The van der Waals surface area contributed by atoms with Gasteiger partial charge in [0.15, 0.2) is 0 Å². The van der Waals surface area contributed by atoms with Crippen molar-refractivity contribution in [3.63, 3.8) is 0 Å². The molecule has 0 bridgehead atoms. The van der Waals surface area contributed by atoms with Crippen molar-refractivity contribution in [2.24, 2.45) is 0 Å². The van der Waals surface area contributed by atoms with E-state index < -0.39 is 0 Å². The average molecular weight is 431 g/mol. The number of aryl methyl sites for hydroxylation is 1. The summed E-state index contributed by atoms with van der Waals surface area (Å²) in [6.45, 7) is 4.63. The van der Waals surface area contributed by atoms with Crippen LogP contribution in [-0.4, -0.2) is 58.9 Å². The number of methoxy groups -OCH3 is 1. The van der Waals surface area contributed by atoms with Crippen LogP contribution in [0.4, 0.5) is 5.69 Å². The lowest BCUT2D eigenvalue weighted by Gasteiger charge is -2.36. The van der Waals surface area contributed by atoms with E-state index in [4.69, 9.17) is 4.74 Å². The first-order valence-corrected chi connectivity index (χ1v) is 10.7. The topological polar surface area (TPSA) is 83.5 Å².